The third-order valence-corrected chi connectivity index (χ3v) is 5.92. The molecule has 0 unspecified atom stereocenters. The number of nitrogens with zero attached hydrogens (tertiary/aromatic N) is 5. The molecule has 1 aromatic carbocycles. The Morgan fingerprint density at radius 1 is 1.03 bits per heavy atom. The van der Waals surface area contributed by atoms with E-state index in [4.69, 9.17) is 16.6 Å². The Labute approximate surface area is 174 Å². The molecule has 0 aliphatic heterocycles. The maximum Gasteiger partial charge on any atom is 0.152 e. The second-order valence-corrected chi connectivity index (χ2v) is 8.28. The summed E-state index contributed by atoms with van der Waals surface area (Å²) in [6.45, 7) is 3.01. The van der Waals surface area contributed by atoms with E-state index in [1.54, 1.807) is 0 Å². The second-order valence-electron chi connectivity index (χ2n) is 7.89. The van der Waals surface area contributed by atoms with Gasteiger partial charge >= 0.3 is 0 Å². The summed E-state index contributed by atoms with van der Waals surface area (Å²) >= 11 is 5.97. The molecular weight excluding hydrogens is 382 g/mol. The van der Waals surface area contributed by atoms with Gasteiger partial charge in [0.05, 0.1) is 17.4 Å². The number of fused-ring (bicyclic) bond motifs is 1. The molecule has 1 saturated carbocycles. The van der Waals surface area contributed by atoms with Gasteiger partial charge in [0.25, 0.3) is 0 Å². The molecular formula is C23H22ClN5. The lowest BCUT2D eigenvalue weighted by atomic mass is 10.00. The zero-order valence-electron chi connectivity index (χ0n) is 16.3. The number of hydrogen-bond donors (Lipinski definition) is 0. The molecule has 3 heterocycles. The topological polar surface area (TPSA) is 56.5 Å². The lowest BCUT2D eigenvalue weighted by Crippen LogP contribution is -2.07. The minimum atomic E-state index is 0.397. The van der Waals surface area contributed by atoms with Gasteiger partial charge in [-0.3, -0.25) is 9.67 Å². The van der Waals surface area contributed by atoms with Gasteiger partial charge < -0.3 is 0 Å². The molecule has 5 nitrogen and oxygen atoms in total. The number of benzene rings is 1. The van der Waals surface area contributed by atoms with Crippen LogP contribution in [0.2, 0.25) is 5.15 Å². The molecule has 0 saturated heterocycles. The van der Waals surface area contributed by atoms with E-state index >= 15 is 0 Å². The lowest BCUT2D eigenvalue weighted by molar-refractivity contribution is 0.429. The smallest absolute Gasteiger partial charge is 0.152 e. The highest BCUT2D eigenvalue weighted by molar-refractivity contribution is 6.29. The average Bonchev–Trinajstić information content (AvgIpc) is 3.40. The van der Waals surface area contributed by atoms with Gasteiger partial charge in [-0.2, -0.15) is 5.10 Å². The molecule has 6 heteroatoms. The lowest BCUT2D eigenvalue weighted by Gasteiger charge is -2.10. The number of pyridine rings is 1. The Hall–Kier alpha value is -2.79. The summed E-state index contributed by atoms with van der Waals surface area (Å²) < 4.78 is 2.09. The fraction of sp³-hybridized carbons (Fsp3) is 0.304. The van der Waals surface area contributed by atoms with Crippen LogP contribution >= 0.6 is 11.6 Å². The molecule has 146 valence electrons. The Morgan fingerprint density at radius 3 is 2.76 bits per heavy atom. The van der Waals surface area contributed by atoms with Crippen molar-refractivity contribution in [3.05, 3.63) is 59.6 Å². The molecule has 0 atom stereocenters. The second kappa shape index (κ2) is 7.56. The number of aryl methyl sites for hydroxylation is 1. The van der Waals surface area contributed by atoms with Crippen molar-refractivity contribution in [2.24, 2.45) is 5.92 Å². The molecule has 29 heavy (non-hydrogen) atoms. The summed E-state index contributed by atoms with van der Waals surface area (Å²) in [6.07, 6.45) is 9.42. The van der Waals surface area contributed by atoms with Gasteiger partial charge in [-0.15, -0.1) is 10.2 Å². The van der Waals surface area contributed by atoms with Gasteiger partial charge in [-0.25, -0.2) is 0 Å². The highest BCUT2D eigenvalue weighted by Gasteiger charge is 2.17. The van der Waals surface area contributed by atoms with Crippen LogP contribution < -0.4 is 0 Å². The summed E-state index contributed by atoms with van der Waals surface area (Å²) in [7, 11) is 0. The van der Waals surface area contributed by atoms with Crippen LogP contribution in [0, 0.1) is 12.8 Å². The van der Waals surface area contributed by atoms with Crippen molar-refractivity contribution in [1.29, 1.82) is 0 Å². The Kier molecular flexibility index (Phi) is 4.76. The zero-order chi connectivity index (χ0) is 19.8. The van der Waals surface area contributed by atoms with E-state index < -0.39 is 0 Å². The van der Waals surface area contributed by atoms with E-state index in [2.05, 4.69) is 38.3 Å². The van der Waals surface area contributed by atoms with Gasteiger partial charge in [-0.1, -0.05) is 42.6 Å². The van der Waals surface area contributed by atoms with Gasteiger partial charge in [0.15, 0.2) is 5.15 Å². The van der Waals surface area contributed by atoms with Crippen molar-refractivity contribution in [2.75, 3.05) is 0 Å². The molecule has 0 bridgehead atoms. The molecule has 1 aliphatic rings. The highest BCUT2D eigenvalue weighted by atomic mass is 35.5. The van der Waals surface area contributed by atoms with E-state index in [-0.39, 0.29) is 0 Å². The summed E-state index contributed by atoms with van der Waals surface area (Å²) in [4.78, 5) is 4.85. The van der Waals surface area contributed by atoms with Crippen molar-refractivity contribution in [3.63, 3.8) is 0 Å². The van der Waals surface area contributed by atoms with Crippen LogP contribution in [-0.4, -0.2) is 25.0 Å². The van der Waals surface area contributed by atoms with E-state index in [0.29, 0.717) is 5.15 Å². The van der Waals surface area contributed by atoms with Crippen molar-refractivity contribution in [3.8, 4) is 22.4 Å². The van der Waals surface area contributed by atoms with Crippen molar-refractivity contribution >= 4 is 22.5 Å². The van der Waals surface area contributed by atoms with Crippen molar-refractivity contribution < 1.29 is 0 Å². The van der Waals surface area contributed by atoms with Crippen LogP contribution in [0.1, 0.15) is 31.4 Å². The van der Waals surface area contributed by atoms with Crippen LogP contribution in [0.5, 0.6) is 0 Å². The normalized spacial score (nSPS) is 14.7. The summed E-state index contributed by atoms with van der Waals surface area (Å²) in [5.74, 6) is 0.754. The van der Waals surface area contributed by atoms with E-state index in [1.807, 2.05) is 37.4 Å². The van der Waals surface area contributed by atoms with Crippen LogP contribution in [0.25, 0.3) is 33.3 Å². The van der Waals surface area contributed by atoms with Gasteiger partial charge in [-0.05, 0) is 43.9 Å². The minimum absolute atomic E-state index is 0.397. The van der Waals surface area contributed by atoms with E-state index in [0.717, 1.165) is 51.4 Å². The molecule has 5 rings (SSSR count). The van der Waals surface area contributed by atoms with Crippen molar-refractivity contribution in [1.82, 2.24) is 25.0 Å². The number of aromatic nitrogens is 5. The molecule has 0 amide bonds. The SMILES string of the molecule is Cc1ccc(-c2cnn(CC3CCCC3)c2)c(-c2ccc3cc(Cl)nnc3c2)n1. The first-order chi connectivity index (χ1) is 14.2. The van der Waals surface area contributed by atoms with Gasteiger partial charge in [0, 0.05) is 40.5 Å². The molecule has 3 aromatic heterocycles. The van der Waals surface area contributed by atoms with Crippen LogP contribution in [-0.2, 0) is 6.54 Å². The monoisotopic (exact) mass is 403 g/mol. The third-order valence-electron chi connectivity index (χ3n) is 5.73. The predicted octanol–water partition coefficient (Wildman–Crippen LogP) is 5.71. The molecule has 1 aliphatic carbocycles. The Bertz CT molecular complexity index is 1180. The first-order valence-electron chi connectivity index (χ1n) is 10.1. The van der Waals surface area contributed by atoms with Crippen molar-refractivity contribution in [2.45, 2.75) is 39.2 Å². The summed E-state index contributed by atoms with van der Waals surface area (Å²) in [6, 6.07) is 12.1. The Morgan fingerprint density at radius 2 is 1.90 bits per heavy atom. The zero-order valence-corrected chi connectivity index (χ0v) is 17.1. The predicted molar refractivity (Wildman–Crippen MR) is 116 cm³/mol. The van der Waals surface area contributed by atoms with Crippen LogP contribution in [0.4, 0.5) is 0 Å². The van der Waals surface area contributed by atoms with Crippen LogP contribution in [0.3, 0.4) is 0 Å². The third kappa shape index (κ3) is 3.75. The first-order valence-corrected chi connectivity index (χ1v) is 10.5. The van der Waals surface area contributed by atoms with Gasteiger partial charge in [0.2, 0.25) is 0 Å². The number of rotatable bonds is 4. The number of hydrogen-bond acceptors (Lipinski definition) is 4. The fourth-order valence-electron chi connectivity index (χ4n) is 4.23. The molecule has 4 aromatic rings. The highest BCUT2D eigenvalue weighted by Crippen LogP contribution is 2.33. The summed E-state index contributed by atoms with van der Waals surface area (Å²) in [5.41, 5.74) is 5.89. The van der Waals surface area contributed by atoms with E-state index in [1.165, 1.54) is 25.7 Å². The summed E-state index contributed by atoms with van der Waals surface area (Å²) in [5, 5.41) is 14.2. The average molecular weight is 404 g/mol. The molecule has 0 radical (unpaired) electrons. The molecule has 0 spiro atoms. The maximum absolute atomic E-state index is 5.97. The van der Waals surface area contributed by atoms with Crippen LogP contribution in [0.15, 0.2) is 48.8 Å². The van der Waals surface area contributed by atoms with E-state index in [9.17, 15) is 0 Å². The molecule has 1 fully saturated rings. The van der Waals surface area contributed by atoms with Gasteiger partial charge in [0.1, 0.15) is 0 Å². The molecule has 0 N–H and O–H groups in total. The fourth-order valence-corrected chi connectivity index (χ4v) is 4.38. The largest absolute Gasteiger partial charge is 0.272 e. The quantitative estimate of drug-likeness (QED) is 0.438. The number of halogens is 1. The first kappa shape index (κ1) is 18.3. The maximum atomic E-state index is 5.97. The minimum Gasteiger partial charge on any atom is -0.272 e. The standard InChI is InChI=1S/C23H22ClN5/c1-15-6-9-20(19-12-25-29(14-19)13-16-4-2-3-5-16)23(26-15)18-8-7-17-11-22(24)28-27-21(17)10-18/h6-12,14,16H,2-5,13H2,1H3. The Balaban J connectivity index is 1.54.